The first-order chi connectivity index (χ1) is 14.6. The minimum absolute atomic E-state index is 0.103. The minimum atomic E-state index is -3.89. The highest BCUT2D eigenvalue weighted by Gasteiger charge is 2.28. The summed E-state index contributed by atoms with van der Waals surface area (Å²) in [6.07, 6.45) is 1.32. The Kier molecular flexibility index (Phi) is 6.11. The van der Waals surface area contributed by atoms with E-state index in [4.69, 9.17) is 0 Å². The van der Waals surface area contributed by atoms with Crippen LogP contribution in [0.1, 0.15) is 22.8 Å². The largest absolute Gasteiger partial charge is 0.326 e. The highest BCUT2D eigenvalue weighted by molar-refractivity contribution is 7.92. The molecule has 162 valence electrons. The summed E-state index contributed by atoms with van der Waals surface area (Å²) in [4.78, 5) is 24.1. The molecule has 9 nitrogen and oxygen atoms in total. The van der Waals surface area contributed by atoms with E-state index in [0.29, 0.717) is 11.4 Å². The summed E-state index contributed by atoms with van der Waals surface area (Å²) < 4.78 is 28.5. The van der Waals surface area contributed by atoms with Gasteiger partial charge >= 0.3 is 0 Å². The van der Waals surface area contributed by atoms with E-state index < -0.39 is 15.9 Å². The Morgan fingerprint density at radius 1 is 0.968 bits per heavy atom. The number of sulfonamides is 1. The van der Waals surface area contributed by atoms with E-state index in [1.807, 2.05) is 6.92 Å². The van der Waals surface area contributed by atoms with E-state index in [1.165, 1.54) is 37.0 Å². The fourth-order valence-electron chi connectivity index (χ4n) is 2.99. The highest BCUT2D eigenvalue weighted by Crippen LogP contribution is 2.26. The van der Waals surface area contributed by atoms with Crippen LogP contribution in [0.25, 0.3) is 0 Å². The number of rotatable bonds is 6. The van der Waals surface area contributed by atoms with E-state index in [-0.39, 0.29) is 22.2 Å². The van der Waals surface area contributed by atoms with Crippen molar-refractivity contribution in [3.8, 4) is 0 Å². The van der Waals surface area contributed by atoms with Crippen molar-refractivity contribution < 1.29 is 18.0 Å². The van der Waals surface area contributed by atoms with E-state index in [1.54, 1.807) is 43.4 Å². The Balaban J connectivity index is 1.87. The first-order valence-electron chi connectivity index (χ1n) is 9.36. The quantitative estimate of drug-likeness (QED) is 0.611. The number of nitrogens with zero attached hydrogens (tertiary/aromatic N) is 3. The number of nitrogens with one attached hydrogen (secondary N) is 2. The maximum atomic E-state index is 13.1. The van der Waals surface area contributed by atoms with Crippen LogP contribution in [-0.4, -0.2) is 37.1 Å². The Labute approximate surface area is 180 Å². The number of hydrogen-bond donors (Lipinski definition) is 2. The smallest absolute Gasteiger partial charge is 0.265 e. The number of carbonyl (C=O) groups is 2. The molecule has 0 unspecified atom stereocenters. The first kappa shape index (κ1) is 22.0. The van der Waals surface area contributed by atoms with Crippen molar-refractivity contribution in [2.45, 2.75) is 18.7 Å². The molecule has 0 saturated carbocycles. The van der Waals surface area contributed by atoms with Gasteiger partial charge in [0.05, 0.1) is 11.1 Å². The summed E-state index contributed by atoms with van der Waals surface area (Å²) in [5.74, 6) is -0.580. The fraction of sp³-hybridized carbons (Fsp3) is 0.190. The topological polar surface area (TPSA) is 113 Å². The number of amides is 2. The number of hydrogen-bond acceptors (Lipinski definition) is 5. The Hall–Kier alpha value is -3.66. The van der Waals surface area contributed by atoms with Gasteiger partial charge in [0, 0.05) is 32.4 Å². The van der Waals surface area contributed by atoms with Crippen LogP contribution in [0.3, 0.4) is 0 Å². The van der Waals surface area contributed by atoms with E-state index in [0.717, 1.165) is 9.87 Å². The van der Waals surface area contributed by atoms with Crippen LogP contribution in [0.2, 0.25) is 0 Å². The lowest BCUT2D eigenvalue weighted by Crippen LogP contribution is -2.30. The fourth-order valence-corrected chi connectivity index (χ4v) is 4.23. The molecule has 2 aromatic carbocycles. The van der Waals surface area contributed by atoms with Gasteiger partial charge in [-0.25, -0.2) is 8.42 Å². The Morgan fingerprint density at radius 3 is 2.06 bits per heavy atom. The van der Waals surface area contributed by atoms with E-state index in [2.05, 4.69) is 15.7 Å². The van der Waals surface area contributed by atoms with Crippen LogP contribution in [0.5, 0.6) is 0 Å². The molecule has 1 aromatic heterocycles. The van der Waals surface area contributed by atoms with E-state index >= 15 is 0 Å². The number of benzene rings is 2. The highest BCUT2D eigenvalue weighted by atomic mass is 32.2. The van der Waals surface area contributed by atoms with Crippen molar-refractivity contribution in [1.82, 2.24) is 9.78 Å². The minimum Gasteiger partial charge on any atom is -0.326 e. The molecule has 10 heteroatoms. The predicted molar refractivity (Wildman–Crippen MR) is 119 cm³/mol. The third-order valence-electron chi connectivity index (χ3n) is 4.59. The molecule has 0 radical (unpaired) electrons. The van der Waals surface area contributed by atoms with Gasteiger partial charge in [-0.15, -0.1) is 0 Å². The zero-order valence-electron chi connectivity index (χ0n) is 17.6. The van der Waals surface area contributed by atoms with Gasteiger partial charge in [0.15, 0.2) is 5.82 Å². The van der Waals surface area contributed by atoms with Crippen molar-refractivity contribution in [3.05, 3.63) is 65.9 Å². The second kappa shape index (κ2) is 8.60. The Morgan fingerprint density at radius 2 is 1.52 bits per heavy atom. The van der Waals surface area contributed by atoms with Crippen molar-refractivity contribution in [2.75, 3.05) is 22.0 Å². The lowest BCUT2D eigenvalue weighted by Gasteiger charge is -2.21. The summed E-state index contributed by atoms with van der Waals surface area (Å²) in [6, 6.07) is 13.0. The summed E-state index contributed by atoms with van der Waals surface area (Å²) >= 11 is 0. The van der Waals surface area contributed by atoms with Gasteiger partial charge in [0.1, 0.15) is 5.56 Å². The van der Waals surface area contributed by atoms with Crippen molar-refractivity contribution >= 4 is 39.0 Å². The number of aromatic nitrogens is 2. The normalized spacial score (nSPS) is 11.1. The van der Waals surface area contributed by atoms with E-state index in [9.17, 15) is 18.0 Å². The summed E-state index contributed by atoms with van der Waals surface area (Å²) in [6.45, 7) is 3.27. The molecule has 0 aliphatic carbocycles. The zero-order valence-corrected chi connectivity index (χ0v) is 18.4. The summed E-state index contributed by atoms with van der Waals surface area (Å²) in [5.41, 5.74) is 2.12. The van der Waals surface area contributed by atoms with Gasteiger partial charge in [0.25, 0.3) is 15.9 Å². The number of aryl methyl sites for hydroxylation is 2. The van der Waals surface area contributed by atoms with Crippen molar-refractivity contribution in [1.29, 1.82) is 0 Å². The predicted octanol–water partition coefficient (Wildman–Crippen LogP) is 2.76. The molecule has 0 atom stereocenters. The molecule has 0 spiro atoms. The van der Waals surface area contributed by atoms with Gasteiger partial charge in [0.2, 0.25) is 5.91 Å². The summed E-state index contributed by atoms with van der Waals surface area (Å²) in [5, 5.41) is 9.43. The van der Waals surface area contributed by atoms with Crippen LogP contribution in [0.15, 0.2) is 59.6 Å². The number of carbonyl (C=O) groups excluding carboxylic acids is 2. The van der Waals surface area contributed by atoms with Gasteiger partial charge in [-0.3, -0.25) is 18.6 Å². The third-order valence-corrected chi connectivity index (χ3v) is 6.35. The third kappa shape index (κ3) is 4.75. The van der Waals surface area contributed by atoms with Gasteiger partial charge in [-0.2, -0.15) is 5.10 Å². The lowest BCUT2D eigenvalue weighted by molar-refractivity contribution is -0.114. The van der Waals surface area contributed by atoms with Gasteiger partial charge < -0.3 is 10.6 Å². The summed E-state index contributed by atoms with van der Waals surface area (Å²) in [7, 11) is -0.950. The SMILES string of the molecule is CC(=O)Nc1ccc(NC(=O)c2cnn(C)c2N(C)S(=O)(=O)c2ccc(C)cc2)cc1. The monoisotopic (exact) mass is 441 g/mol. The average molecular weight is 442 g/mol. The zero-order chi connectivity index (χ0) is 22.8. The maximum Gasteiger partial charge on any atom is 0.265 e. The van der Waals surface area contributed by atoms with Crippen LogP contribution >= 0.6 is 0 Å². The molecule has 0 fully saturated rings. The molecule has 0 saturated heterocycles. The van der Waals surface area contributed by atoms with Crippen molar-refractivity contribution in [3.63, 3.8) is 0 Å². The standard InChI is InChI=1S/C21H23N5O4S/c1-14-5-11-18(12-6-14)31(29,30)26(4)21-19(13-22-25(21)3)20(28)24-17-9-7-16(8-10-17)23-15(2)27/h5-13H,1-4H3,(H,23,27)(H,24,28). The molecular weight excluding hydrogens is 418 g/mol. The molecule has 0 bridgehead atoms. The van der Waals surface area contributed by atoms with Gasteiger partial charge in [-0.05, 0) is 43.3 Å². The molecule has 1 heterocycles. The van der Waals surface area contributed by atoms with Crippen LogP contribution < -0.4 is 14.9 Å². The molecule has 2 amide bonds. The Bertz CT molecular complexity index is 1220. The molecule has 3 aromatic rings. The maximum absolute atomic E-state index is 13.1. The van der Waals surface area contributed by atoms with Crippen LogP contribution in [0.4, 0.5) is 17.2 Å². The molecule has 0 aliphatic heterocycles. The first-order valence-corrected chi connectivity index (χ1v) is 10.8. The van der Waals surface area contributed by atoms with Gasteiger partial charge in [-0.1, -0.05) is 17.7 Å². The second-order valence-electron chi connectivity index (χ2n) is 7.00. The van der Waals surface area contributed by atoms with Crippen LogP contribution in [0, 0.1) is 6.92 Å². The van der Waals surface area contributed by atoms with Crippen molar-refractivity contribution in [2.24, 2.45) is 7.05 Å². The molecule has 3 rings (SSSR count). The molecule has 2 N–H and O–H groups in total. The van der Waals surface area contributed by atoms with Crippen LogP contribution in [-0.2, 0) is 21.9 Å². The molecular formula is C21H23N5O4S. The second-order valence-corrected chi connectivity index (χ2v) is 8.97. The lowest BCUT2D eigenvalue weighted by atomic mass is 10.2. The average Bonchev–Trinajstić information content (AvgIpc) is 3.10. The number of anilines is 3. The molecule has 0 aliphatic rings. The molecule has 31 heavy (non-hydrogen) atoms.